The van der Waals surface area contributed by atoms with E-state index in [1.807, 2.05) is 0 Å². The third-order valence-corrected chi connectivity index (χ3v) is 5.49. The third-order valence-electron chi connectivity index (χ3n) is 5.49. The van der Waals surface area contributed by atoms with Gasteiger partial charge in [0.1, 0.15) is 0 Å². The molecule has 1 nitrogen and oxygen atoms in total. The number of hydrogen-bond donors (Lipinski definition) is 0. The maximum absolute atomic E-state index is 8.97. The summed E-state index contributed by atoms with van der Waals surface area (Å²) >= 11 is 0. The Morgan fingerprint density at radius 1 is 1.00 bits per heavy atom. The first-order chi connectivity index (χ1) is 9.19. The van der Waals surface area contributed by atoms with Gasteiger partial charge in [-0.05, 0) is 76.0 Å². The highest BCUT2D eigenvalue weighted by molar-refractivity contribution is 4.91. The Hall–Kier alpha value is -0.770. The number of hydrogen-bond acceptors (Lipinski definition) is 1. The van der Waals surface area contributed by atoms with Crippen molar-refractivity contribution in [1.82, 2.24) is 0 Å². The van der Waals surface area contributed by atoms with Gasteiger partial charge < -0.3 is 0 Å². The van der Waals surface area contributed by atoms with Crippen LogP contribution in [0.1, 0.15) is 71.1 Å². The highest BCUT2D eigenvalue weighted by Gasteiger charge is 2.30. The van der Waals surface area contributed by atoms with E-state index in [4.69, 9.17) is 5.26 Å². The van der Waals surface area contributed by atoms with Crippen LogP contribution in [0.3, 0.4) is 0 Å². The van der Waals surface area contributed by atoms with Crippen LogP contribution < -0.4 is 0 Å². The second kappa shape index (κ2) is 7.13. The van der Waals surface area contributed by atoms with Crippen LogP contribution in [-0.4, -0.2) is 0 Å². The molecule has 2 aliphatic carbocycles. The van der Waals surface area contributed by atoms with Crippen molar-refractivity contribution in [3.8, 4) is 6.07 Å². The van der Waals surface area contributed by atoms with Gasteiger partial charge >= 0.3 is 0 Å². The molecule has 0 N–H and O–H groups in total. The van der Waals surface area contributed by atoms with E-state index in [0.29, 0.717) is 5.92 Å². The molecule has 0 spiro atoms. The molecule has 0 radical (unpaired) electrons. The van der Waals surface area contributed by atoms with E-state index in [0.717, 1.165) is 30.6 Å². The van der Waals surface area contributed by atoms with Crippen LogP contribution in [0.15, 0.2) is 12.2 Å². The summed E-state index contributed by atoms with van der Waals surface area (Å²) in [5.74, 6) is 3.24. The summed E-state index contributed by atoms with van der Waals surface area (Å²) in [6, 6.07) is 2.45. The Balaban J connectivity index is 1.69. The largest absolute Gasteiger partial charge is 0.198 e. The van der Waals surface area contributed by atoms with Crippen molar-refractivity contribution in [3.05, 3.63) is 12.2 Å². The second-order valence-electron chi connectivity index (χ2n) is 7.02. The Morgan fingerprint density at radius 2 is 1.53 bits per heavy atom. The second-order valence-corrected chi connectivity index (χ2v) is 7.02. The quantitative estimate of drug-likeness (QED) is 0.613. The maximum atomic E-state index is 8.97. The molecule has 0 bridgehead atoms. The molecule has 1 heteroatoms. The Kier molecular flexibility index (Phi) is 5.49. The van der Waals surface area contributed by atoms with E-state index in [2.05, 4.69) is 19.6 Å². The molecule has 2 saturated carbocycles. The SMILES string of the molecule is C=C(C)CCC1CCC(C2CCC(C#N)CC2)CC1. The average molecular weight is 259 g/mol. The predicted molar refractivity (Wildman–Crippen MR) is 80.6 cm³/mol. The summed E-state index contributed by atoms with van der Waals surface area (Å²) < 4.78 is 0. The van der Waals surface area contributed by atoms with Crippen molar-refractivity contribution >= 4 is 0 Å². The lowest BCUT2D eigenvalue weighted by Crippen LogP contribution is -2.25. The Labute approximate surface area is 119 Å². The molecule has 0 aliphatic heterocycles. The van der Waals surface area contributed by atoms with Crippen molar-refractivity contribution < 1.29 is 0 Å². The standard InChI is InChI=1S/C18H29N/c1-14(2)3-4-15-5-9-17(10-6-15)18-11-7-16(13-19)8-12-18/h15-18H,1,3-12H2,2H3. The van der Waals surface area contributed by atoms with Crippen LogP contribution in [0, 0.1) is 35.0 Å². The molecule has 19 heavy (non-hydrogen) atoms. The highest BCUT2D eigenvalue weighted by Crippen LogP contribution is 2.42. The normalized spacial score (nSPS) is 35.6. The van der Waals surface area contributed by atoms with Crippen molar-refractivity contribution in [3.63, 3.8) is 0 Å². The van der Waals surface area contributed by atoms with Crippen LogP contribution in [0.25, 0.3) is 0 Å². The topological polar surface area (TPSA) is 23.8 Å². The average Bonchev–Trinajstić information content (AvgIpc) is 2.46. The first-order valence-corrected chi connectivity index (χ1v) is 8.23. The molecule has 2 rings (SSSR count). The van der Waals surface area contributed by atoms with Crippen molar-refractivity contribution in [2.24, 2.45) is 23.7 Å². The molecule has 2 aliphatic rings. The van der Waals surface area contributed by atoms with Crippen LogP contribution >= 0.6 is 0 Å². The van der Waals surface area contributed by atoms with Gasteiger partial charge in [-0.3, -0.25) is 0 Å². The van der Waals surface area contributed by atoms with Gasteiger partial charge in [0.05, 0.1) is 6.07 Å². The van der Waals surface area contributed by atoms with Crippen molar-refractivity contribution in [2.75, 3.05) is 0 Å². The van der Waals surface area contributed by atoms with Gasteiger partial charge in [0, 0.05) is 5.92 Å². The van der Waals surface area contributed by atoms with Gasteiger partial charge in [0.25, 0.3) is 0 Å². The van der Waals surface area contributed by atoms with Gasteiger partial charge in [-0.1, -0.05) is 18.4 Å². The molecule has 2 fully saturated rings. The fraction of sp³-hybridized carbons (Fsp3) is 0.833. The van der Waals surface area contributed by atoms with Gasteiger partial charge in [0.2, 0.25) is 0 Å². The molecule has 0 unspecified atom stereocenters. The molecule has 0 amide bonds. The zero-order chi connectivity index (χ0) is 13.7. The van der Waals surface area contributed by atoms with E-state index >= 15 is 0 Å². The predicted octanol–water partition coefficient (Wildman–Crippen LogP) is 5.48. The number of allylic oxidation sites excluding steroid dienone is 1. The first kappa shape index (κ1) is 14.6. The Morgan fingerprint density at radius 3 is 2.00 bits per heavy atom. The molecule has 0 heterocycles. The Bertz CT molecular complexity index is 322. The first-order valence-electron chi connectivity index (χ1n) is 8.23. The number of nitriles is 1. The zero-order valence-corrected chi connectivity index (χ0v) is 12.5. The molecular formula is C18H29N. The fourth-order valence-corrected chi connectivity index (χ4v) is 4.12. The highest BCUT2D eigenvalue weighted by atomic mass is 14.4. The summed E-state index contributed by atoms with van der Waals surface area (Å²) in [5, 5.41) is 8.97. The zero-order valence-electron chi connectivity index (χ0n) is 12.5. The molecule has 0 aromatic heterocycles. The summed E-state index contributed by atoms with van der Waals surface area (Å²) in [6.07, 6.45) is 13.3. The van der Waals surface area contributed by atoms with Crippen LogP contribution in [0.5, 0.6) is 0 Å². The monoisotopic (exact) mass is 259 g/mol. The van der Waals surface area contributed by atoms with E-state index in [9.17, 15) is 0 Å². The molecule has 106 valence electrons. The molecule has 0 aromatic carbocycles. The molecule has 0 aromatic rings. The summed E-state index contributed by atoms with van der Waals surface area (Å²) in [7, 11) is 0. The van der Waals surface area contributed by atoms with E-state index in [1.54, 1.807) is 0 Å². The van der Waals surface area contributed by atoms with E-state index in [1.165, 1.54) is 56.9 Å². The van der Waals surface area contributed by atoms with Gasteiger partial charge in [-0.15, -0.1) is 6.58 Å². The minimum absolute atomic E-state index is 0.364. The number of rotatable bonds is 4. The molecular weight excluding hydrogens is 230 g/mol. The van der Waals surface area contributed by atoms with Crippen LogP contribution in [0.4, 0.5) is 0 Å². The fourth-order valence-electron chi connectivity index (χ4n) is 4.12. The van der Waals surface area contributed by atoms with Gasteiger partial charge in [-0.25, -0.2) is 0 Å². The lowest BCUT2D eigenvalue weighted by molar-refractivity contribution is 0.154. The van der Waals surface area contributed by atoms with E-state index in [-0.39, 0.29) is 0 Å². The van der Waals surface area contributed by atoms with Crippen molar-refractivity contribution in [2.45, 2.75) is 71.1 Å². The lowest BCUT2D eigenvalue weighted by Gasteiger charge is -2.36. The van der Waals surface area contributed by atoms with Gasteiger partial charge in [-0.2, -0.15) is 5.26 Å². The summed E-state index contributed by atoms with van der Waals surface area (Å²) in [6.45, 7) is 6.17. The summed E-state index contributed by atoms with van der Waals surface area (Å²) in [5.41, 5.74) is 1.34. The maximum Gasteiger partial charge on any atom is 0.0655 e. The minimum atomic E-state index is 0.364. The molecule has 0 atom stereocenters. The summed E-state index contributed by atoms with van der Waals surface area (Å²) in [4.78, 5) is 0. The van der Waals surface area contributed by atoms with Crippen LogP contribution in [-0.2, 0) is 0 Å². The van der Waals surface area contributed by atoms with Crippen molar-refractivity contribution in [1.29, 1.82) is 5.26 Å². The third kappa shape index (κ3) is 4.37. The van der Waals surface area contributed by atoms with Gasteiger partial charge in [0.15, 0.2) is 0 Å². The van der Waals surface area contributed by atoms with E-state index < -0.39 is 0 Å². The smallest absolute Gasteiger partial charge is 0.0655 e. The van der Waals surface area contributed by atoms with Crippen LogP contribution in [0.2, 0.25) is 0 Å². The minimum Gasteiger partial charge on any atom is -0.198 e. The number of nitrogens with zero attached hydrogens (tertiary/aromatic N) is 1. The molecule has 0 saturated heterocycles. The lowest BCUT2D eigenvalue weighted by atomic mass is 9.69.